The minimum absolute atomic E-state index is 0.800. The standard InChI is InChI=1S/C14H21BrN2O/c1-16-8-10-17(11-9-16)7-2-12-18-14-5-3-13(15)4-6-14/h3-6H,2,7-12H2,1H3. The molecule has 1 aliphatic rings. The summed E-state index contributed by atoms with van der Waals surface area (Å²) in [6.45, 7) is 6.70. The molecule has 18 heavy (non-hydrogen) atoms. The van der Waals surface area contributed by atoms with Crippen LogP contribution in [-0.2, 0) is 0 Å². The van der Waals surface area contributed by atoms with Crippen LogP contribution in [0.4, 0.5) is 0 Å². The van der Waals surface area contributed by atoms with Crippen molar-refractivity contribution in [1.82, 2.24) is 9.80 Å². The van der Waals surface area contributed by atoms with Gasteiger partial charge in [-0.3, -0.25) is 0 Å². The predicted molar refractivity (Wildman–Crippen MR) is 78.2 cm³/mol. The maximum absolute atomic E-state index is 5.72. The average Bonchev–Trinajstić information content (AvgIpc) is 2.39. The Labute approximate surface area is 118 Å². The summed E-state index contributed by atoms with van der Waals surface area (Å²) < 4.78 is 6.81. The molecular formula is C14H21BrN2O. The second-order valence-corrected chi connectivity index (χ2v) is 5.72. The van der Waals surface area contributed by atoms with Gasteiger partial charge in [-0.25, -0.2) is 0 Å². The van der Waals surface area contributed by atoms with E-state index in [2.05, 4.69) is 32.8 Å². The van der Waals surface area contributed by atoms with E-state index in [0.29, 0.717) is 0 Å². The van der Waals surface area contributed by atoms with Crippen molar-refractivity contribution in [3.63, 3.8) is 0 Å². The second-order valence-electron chi connectivity index (χ2n) is 4.80. The van der Waals surface area contributed by atoms with E-state index in [-0.39, 0.29) is 0 Å². The van der Waals surface area contributed by atoms with Gasteiger partial charge in [0, 0.05) is 37.2 Å². The third-order valence-electron chi connectivity index (χ3n) is 3.30. The maximum Gasteiger partial charge on any atom is 0.119 e. The first-order valence-electron chi connectivity index (χ1n) is 6.53. The highest BCUT2D eigenvalue weighted by Crippen LogP contribution is 2.16. The lowest BCUT2D eigenvalue weighted by molar-refractivity contribution is 0.145. The quantitative estimate of drug-likeness (QED) is 0.777. The molecule has 100 valence electrons. The van der Waals surface area contributed by atoms with Gasteiger partial charge < -0.3 is 14.5 Å². The highest BCUT2D eigenvalue weighted by molar-refractivity contribution is 9.10. The van der Waals surface area contributed by atoms with E-state index in [1.165, 1.54) is 26.2 Å². The van der Waals surface area contributed by atoms with E-state index in [1.54, 1.807) is 0 Å². The number of rotatable bonds is 5. The molecule has 1 aliphatic heterocycles. The first-order valence-corrected chi connectivity index (χ1v) is 7.32. The fraction of sp³-hybridized carbons (Fsp3) is 0.571. The molecule has 2 rings (SSSR count). The van der Waals surface area contributed by atoms with Crippen LogP contribution in [0.3, 0.4) is 0 Å². The molecule has 1 heterocycles. The lowest BCUT2D eigenvalue weighted by Crippen LogP contribution is -2.44. The third kappa shape index (κ3) is 4.59. The lowest BCUT2D eigenvalue weighted by Gasteiger charge is -2.32. The Morgan fingerprint density at radius 2 is 1.78 bits per heavy atom. The van der Waals surface area contributed by atoms with Crippen molar-refractivity contribution < 1.29 is 4.74 Å². The van der Waals surface area contributed by atoms with E-state index in [0.717, 1.165) is 29.8 Å². The van der Waals surface area contributed by atoms with Crippen molar-refractivity contribution >= 4 is 15.9 Å². The molecule has 0 aromatic heterocycles. The van der Waals surface area contributed by atoms with Crippen LogP contribution in [0.1, 0.15) is 6.42 Å². The molecule has 0 amide bonds. The minimum atomic E-state index is 0.800. The molecule has 0 N–H and O–H groups in total. The molecule has 1 fully saturated rings. The first kappa shape index (κ1) is 13.8. The molecule has 0 atom stereocenters. The van der Waals surface area contributed by atoms with Crippen LogP contribution in [0, 0.1) is 0 Å². The zero-order valence-electron chi connectivity index (χ0n) is 10.9. The number of ether oxygens (including phenoxy) is 1. The van der Waals surface area contributed by atoms with Gasteiger partial charge in [-0.15, -0.1) is 0 Å². The Hall–Kier alpha value is -0.580. The topological polar surface area (TPSA) is 15.7 Å². The molecule has 1 aromatic rings. The van der Waals surface area contributed by atoms with Gasteiger partial charge in [-0.05, 0) is 37.7 Å². The van der Waals surface area contributed by atoms with E-state index in [1.807, 2.05) is 24.3 Å². The number of hydrogen-bond acceptors (Lipinski definition) is 3. The smallest absolute Gasteiger partial charge is 0.119 e. The summed E-state index contributed by atoms with van der Waals surface area (Å²) >= 11 is 3.42. The lowest BCUT2D eigenvalue weighted by atomic mass is 10.3. The van der Waals surface area contributed by atoms with Crippen molar-refractivity contribution in [1.29, 1.82) is 0 Å². The molecule has 3 nitrogen and oxygen atoms in total. The van der Waals surface area contributed by atoms with Crippen LogP contribution >= 0.6 is 15.9 Å². The molecule has 0 radical (unpaired) electrons. The fourth-order valence-corrected chi connectivity index (χ4v) is 2.34. The number of piperazine rings is 1. The fourth-order valence-electron chi connectivity index (χ4n) is 2.08. The molecule has 4 heteroatoms. The van der Waals surface area contributed by atoms with Crippen molar-refractivity contribution in [2.45, 2.75) is 6.42 Å². The Balaban J connectivity index is 1.60. The number of nitrogens with zero attached hydrogens (tertiary/aromatic N) is 2. The summed E-state index contributed by atoms with van der Waals surface area (Å²) in [5.41, 5.74) is 0. The Morgan fingerprint density at radius 1 is 1.11 bits per heavy atom. The second kappa shape index (κ2) is 7.12. The van der Waals surface area contributed by atoms with Gasteiger partial charge in [-0.2, -0.15) is 0 Å². The normalized spacial score (nSPS) is 17.9. The van der Waals surface area contributed by atoms with Crippen molar-refractivity contribution in [2.75, 3.05) is 46.4 Å². The number of benzene rings is 1. The zero-order chi connectivity index (χ0) is 12.8. The molecule has 1 saturated heterocycles. The first-order chi connectivity index (χ1) is 8.74. The maximum atomic E-state index is 5.72. The molecule has 0 spiro atoms. The van der Waals surface area contributed by atoms with Crippen LogP contribution in [0.25, 0.3) is 0 Å². The summed E-state index contributed by atoms with van der Waals surface area (Å²) in [5.74, 6) is 0.955. The van der Waals surface area contributed by atoms with Crippen LogP contribution in [0.5, 0.6) is 5.75 Å². The highest BCUT2D eigenvalue weighted by Gasteiger charge is 2.12. The molecular weight excluding hydrogens is 292 g/mol. The number of hydrogen-bond donors (Lipinski definition) is 0. The third-order valence-corrected chi connectivity index (χ3v) is 3.83. The molecule has 0 saturated carbocycles. The molecule has 0 aliphatic carbocycles. The van der Waals surface area contributed by atoms with Crippen molar-refractivity contribution in [3.05, 3.63) is 28.7 Å². The van der Waals surface area contributed by atoms with Gasteiger partial charge in [0.1, 0.15) is 5.75 Å². The van der Waals surface area contributed by atoms with E-state index < -0.39 is 0 Å². The summed E-state index contributed by atoms with van der Waals surface area (Å²) in [6, 6.07) is 8.02. The van der Waals surface area contributed by atoms with E-state index in [4.69, 9.17) is 4.74 Å². The Kier molecular flexibility index (Phi) is 5.47. The van der Waals surface area contributed by atoms with Crippen molar-refractivity contribution in [3.8, 4) is 5.75 Å². The summed E-state index contributed by atoms with van der Waals surface area (Å²) in [6.07, 6.45) is 1.10. The predicted octanol–water partition coefficient (Wildman–Crippen LogP) is 2.47. The summed E-state index contributed by atoms with van der Waals surface area (Å²) in [7, 11) is 2.19. The summed E-state index contributed by atoms with van der Waals surface area (Å²) in [5, 5.41) is 0. The molecule has 0 unspecified atom stereocenters. The van der Waals surface area contributed by atoms with E-state index in [9.17, 15) is 0 Å². The van der Waals surface area contributed by atoms with Gasteiger partial charge in [0.2, 0.25) is 0 Å². The van der Waals surface area contributed by atoms with Gasteiger partial charge in [0.05, 0.1) is 6.61 Å². The minimum Gasteiger partial charge on any atom is -0.494 e. The largest absolute Gasteiger partial charge is 0.494 e. The van der Waals surface area contributed by atoms with Crippen LogP contribution in [0.15, 0.2) is 28.7 Å². The SMILES string of the molecule is CN1CCN(CCCOc2ccc(Br)cc2)CC1. The van der Waals surface area contributed by atoms with Gasteiger partial charge >= 0.3 is 0 Å². The Morgan fingerprint density at radius 3 is 2.44 bits per heavy atom. The van der Waals surface area contributed by atoms with Gasteiger partial charge in [0.15, 0.2) is 0 Å². The van der Waals surface area contributed by atoms with Gasteiger partial charge in [0.25, 0.3) is 0 Å². The van der Waals surface area contributed by atoms with Crippen LogP contribution in [-0.4, -0.2) is 56.2 Å². The summed E-state index contributed by atoms with van der Waals surface area (Å²) in [4.78, 5) is 4.90. The van der Waals surface area contributed by atoms with Crippen LogP contribution in [0.2, 0.25) is 0 Å². The van der Waals surface area contributed by atoms with Gasteiger partial charge in [-0.1, -0.05) is 15.9 Å². The molecule has 1 aromatic carbocycles. The highest BCUT2D eigenvalue weighted by atomic mass is 79.9. The Bertz CT molecular complexity index is 347. The molecule has 0 bridgehead atoms. The van der Waals surface area contributed by atoms with Crippen LogP contribution < -0.4 is 4.74 Å². The van der Waals surface area contributed by atoms with E-state index >= 15 is 0 Å². The zero-order valence-corrected chi connectivity index (χ0v) is 12.5. The number of likely N-dealkylation sites (N-methyl/N-ethyl adjacent to an activating group) is 1. The number of halogens is 1. The van der Waals surface area contributed by atoms with Crippen molar-refractivity contribution in [2.24, 2.45) is 0 Å². The average molecular weight is 313 g/mol. The monoisotopic (exact) mass is 312 g/mol.